The van der Waals surface area contributed by atoms with Crippen molar-refractivity contribution in [1.29, 1.82) is 0 Å². The van der Waals surface area contributed by atoms with E-state index < -0.39 is 6.09 Å². The average Bonchev–Trinajstić information content (AvgIpc) is 3.58. The molecule has 0 saturated carbocycles. The molecule has 0 aliphatic carbocycles. The fourth-order valence-corrected chi connectivity index (χ4v) is 2.18. The molecule has 0 radical (unpaired) electrons. The zero-order valence-corrected chi connectivity index (χ0v) is 22.1. The Labute approximate surface area is 201 Å². The van der Waals surface area contributed by atoms with E-state index in [0.717, 1.165) is 29.4 Å². The van der Waals surface area contributed by atoms with Crippen molar-refractivity contribution in [3.8, 4) is 11.5 Å². The number of hydrogen-bond acceptors (Lipinski definition) is 5. The van der Waals surface area contributed by atoms with Crippen molar-refractivity contribution in [3.63, 3.8) is 0 Å². The van der Waals surface area contributed by atoms with E-state index in [1.54, 1.807) is 7.11 Å². The van der Waals surface area contributed by atoms with E-state index in [0.29, 0.717) is 19.6 Å². The molecule has 6 heteroatoms. The van der Waals surface area contributed by atoms with Crippen LogP contribution in [0.4, 0.5) is 4.79 Å². The molecule has 2 aromatic rings. The molecular weight excluding hydrogens is 418 g/mol. The summed E-state index contributed by atoms with van der Waals surface area (Å²) in [7, 11) is 1.68. The number of nitrogens with zero attached hydrogens (tertiary/aromatic N) is 1. The fourth-order valence-electron chi connectivity index (χ4n) is 2.18. The minimum atomic E-state index is -0.542. The third kappa shape index (κ3) is 16.3. The molecule has 0 N–H and O–H groups in total. The van der Waals surface area contributed by atoms with E-state index in [4.69, 9.17) is 9.47 Å². The van der Waals surface area contributed by atoms with Gasteiger partial charge in [0.25, 0.3) is 0 Å². The molecule has 0 aromatic heterocycles. The summed E-state index contributed by atoms with van der Waals surface area (Å²) in [5.41, 5.74) is 1.25. The van der Waals surface area contributed by atoms with Crippen LogP contribution in [-0.2, 0) is 16.0 Å². The van der Waals surface area contributed by atoms with Crippen LogP contribution in [-0.4, -0.2) is 44.3 Å². The maximum atomic E-state index is 10.3. The summed E-state index contributed by atoms with van der Waals surface area (Å²) in [6.07, 6.45) is 0.932. The summed E-state index contributed by atoms with van der Waals surface area (Å²) in [6, 6.07) is 17.9. The molecule has 2 heterocycles. The van der Waals surface area contributed by atoms with Crippen molar-refractivity contribution in [3.05, 3.63) is 60.2 Å². The highest BCUT2D eigenvalue weighted by Crippen LogP contribution is 2.28. The molecule has 4 rings (SSSR count). The topological polar surface area (TPSA) is 65.1 Å². The second-order valence-corrected chi connectivity index (χ2v) is 5.14. The quantitative estimate of drug-likeness (QED) is 0.448. The van der Waals surface area contributed by atoms with Crippen LogP contribution in [0.5, 0.6) is 11.5 Å². The van der Waals surface area contributed by atoms with Crippen LogP contribution in [0.15, 0.2) is 54.6 Å². The first-order valence-corrected chi connectivity index (χ1v) is 11.9. The lowest BCUT2D eigenvalue weighted by molar-refractivity contribution is -0.115. The number of cyclic esters (lactones) is 1. The van der Waals surface area contributed by atoms with Gasteiger partial charge in [0.05, 0.1) is 20.3 Å². The Hall–Kier alpha value is -3.02. The summed E-state index contributed by atoms with van der Waals surface area (Å²) in [5, 5.41) is 0. The molecule has 2 aliphatic rings. The molecule has 0 unspecified atom stereocenters. The van der Waals surface area contributed by atoms with Gasteiger partial charge in [0.1, 0.15) is 18.1 Å². The molecule has 0 bridgehead atoms. The number of benzene rings is 2. The lowest BCUT2D eigenvalue weighted by Crippen LogP contribution is -2.21. The van der Waals surface area contributed by atoms with Crippen molar-refractivity contribution >= 4 is 12.5 Å². The Balaban J connectivity index is -0.000000365. The highest BCUT2D eigenvalue weighted by Gasteiger charge is 2.20. The molecule has 1 fully saturated rings. The Kier molecular flexibility index (Phi) is 28.3. The van der Waals surface area contributed by atoms with Gasteiger partial charge >= 0.3 is 6.09 Å². The SMILES string of the molecule is CC.CC.CC.CC.COc1ccc2c(c1)CCO2.O=CN1CCOC1=O.c1ccccc1. The predicted molar refractivity (Wildman–Crippen MR) is 138 cm³/mol. The van der Waals surface area contributed by atoms with Gasteiger partial charge < -0.3 is 14.2 Å². The predicted octanol–water partition coefficient (Wildman–Crippen LogP) is 7.02. The van der Waals surface area contributed by atoms with Crippen LogP contribution in [0, 0.1) is 0 Å². The maximum absolute atomic E-state index is 10.3. The van der Waals surface area contributed by atoms with Crippen LogP contribution >= 0.6 is 0 Å². The van der Waals surface area contributed by atoms with E-state index in [9.17, 15) is 9.59 Å². The molecule has 2 aromatic carbocycles. The van der Waals surface area contributed by atoms with Crippen molar-refractivity contribution in [2.24, 2.45) is 0 Å². The van der Waals surface area contributed by atoms with Gasteiger partial charge in [-0.15, -0.1) is 0 Å². The minimum absolute atomic E-state index is 0.331. The lowest BCUT2D eigenvalue weighted by Gasteiger charge is -2.01. The summed E-state index contributed by atoms with van der Waals surface area (Å²) in [6.45, 7) is 17.5. The molecule has 0 atom stereocenters. The number of rotatable bonds is 2. The molecule has 2 aliphatic heterocycles. The van der Waals surface area contributed by atoms with Crippen LogP contribution in [0.2, 0.25) is 0 Å². The molecule has 33 heavy (non-hydrogen) atoms. The first kappa shape index (κ1) is 34.6. The van der Waals surface area contributed by atoms with E-state index in [1.807, 2.05) is 110 Å². The van der Waals surface area contributed by atoms with Gasteiger partial charge in [-0.3, -0.25) is 4.79 Å². The number of hydrogen-bond donors (Lipinski definition) is 0. The number of methoxy groups -OCH3 is 1. The van der Waals surface area contributed by atoms with Crippen molar-refractivity contribution < 1.29 is 23.8 Å². The fraction of sp³-hybridized carbons (Fsp3) is 0.481. The average molecular weight is 464 g/mol. The third-order valence-corrected chi connectivity index (χ3v) is 3.48. The maximum Gasteiger partial charge on any atom is 0.416 e. The van der Waals surface area contributed by atoms with Crippen LogP contribution < -0.4 is 9.47 Å². The van der Waals surface area contributed by atoms with Gasteiger partial charge in [-0.05, 0) is 18.2 Å². The van der Waals surface area contributed by atoms with Gasteiger partial charge in [0.2, 0.25) is 6.41 Å². The zero-order chi connectivity index (χ0) is 25.9. The molecule has 1 saturated heterocycles. The highest BCUT2D eigenvalue weighted by molar-refractivity contribution is 5.81. The number of amides is 2. The van der Waals surface area contributed by atoms with E-state index in [1.165, 1.54) is 5.56 Å². The van der Waals surface area contributed by atoms with Gasteiger partial charge in [0.15, 0.2) is 0 Å². The molecule has 188 valence electrons. The van der Waals surface area contributed by atoms with E-state index in [2.05, 4.69) is 4.74 Å². The highest BCUT2D eigenvalue weighted by atomic mass is 16.6. The second-order valence-electron chi connectivity index (χ2n) is 5.14. The van der Waals surface area contributed by atoms with Crippen molar-refractivity contribution in [1.82, 2.24) is 4.90 Å². The molecule has 0 spiro atoms. The Morgan fingerprint density at radius 3 is 1.70 bits per heavy atom. The summed E-state index contributed by atoms with van der Waals surface area (Å²) in [4.78, 5) is 21.1. The second kappa shape index (κ2) is 27.0. The van der Waals surface area contributed by atoms with Gasteiger partial charge in [-0.2, -0.15) is 0 Å². The number of imide groups is 1. The van der Waals surface area contributed by atoms with Crippen LogP contribution in [0.1, 0.15) is 61.0 Å². The van der Waals surface area contributed by atoms with Crippen LogP contribution in [0.25, 0.3) is 0 Å². The Morgan fingerprint density at radius 2 is 1.33 bits per heavy atom. The first-order chi connectivity index (χ1) is 16.2. The smallest absolute Gasteiger partial charge is 0.416 e. The summed E-state index contributed by atoms with van der Waals surface area (Å²) < 4.78 is 14.8. The molecular formula is C27H45NO5. The normalized spacial score (nSPS) is 11.3. The Morgan fingerprint density at radius 1 is 0.818 bits per heavy atom. The Bertz CT molecular complexity index is 651. The lowest BCUT2D eigenvalue weighted by atomic mass is 10.2. The van der Waals surface area contributed by atoms with E-state index in [-0.39, 0.29) is 0 Å². The number of carbonyl (C=O) groups excluding carboxylic acids is 2. The van der Waals surface area contributed by atoms with Gasteiger partial charge in [-0.25, -0.2) is 9.69 Å². The zero-order valence-electron chi connectivity index (χ0n) is 22.1. The number of fused-ring (bicyclic) bond motifs is 1. The number of carbonyl (C=O) groups is 2. The monoisotopic (exact) mass is 463 g/mol. The number of ether oxygens (including phenoxy) is 3. The van der Waals surface area contributed by atoms with Gasteiger partial charge in [0, 0.05) is 12.0 Å². The largest absolute Gasteiger partial charge is 0.497 e. The molecule has 6 nitrogen and oxygen atoms in total. The first-order valence-electron chi connectivity index (χ1n) is 11.9. The standard InChI is InChI=1S/C9H10O2.C6H6.C4H5NO3.4C2H6/c1-10-8-2-3-9-7(6-8)4-5-11-9;1-2-4-6-5-3-1;6-3-5-1-2-8-4(5)7;4*1-2/h2-3,6H,4-5H2,1H3;1-6H;3H,1-2H2;4*1-2H3. The summed E-state index contributed by atoms with van der Waals surface area (Å²) >= 11 is 0. The minimum Gasteiger partial charge on any atom is -0.497 e. The van der Waals surface area contributed by atoms with Crippen molar-refractivity contribution in [2.75, 3.05) is 26.9 Å². The van der Waals surface area contributed by atoms with Crippen molar-refractivity contribution in [2.45, 2.75) is 61.8 Å². The van der Waals surface area contributed by atoms with Gasteiger partial charge in [-0.1, -0.05) is 91.8 Å². The molecule has 2 amide bonds. The summed E-state index contributed by atoms with van der Waals surface area (Å²) in [5.74, 6) is 1.92. The van der Waals surface area contributed by atoms with E-state index >= 15 is 0 Å². The third-order valence-electron chi connectivity index (χ3n) is 3.48. The van der Waals surface area contributed by atoms with Crippen LogP contribution in [0.3, 0.4) is 0 Å².